The van der Waals surface area contributed by atoms with E-state index in [4.69, 9.17) is 5.11 Å². The van der Waals surface area contributed by atoms with Crippen molar-refractivity contribution < 1.29 is 10.2 Å². The number of fused-ring (bicyclic) bond motifs is 1. The van der Waals surface area contributed by atoms with Gasteiger partial charge in [-0.15, -0.1) is 0 Å². The lowest BCUT2D eigenvalue weighted by atomic mass is 10.1. The highest BCUT2D eigenvalue weighted by Crippen LogP contribution is 2.21. The maximum Gasteiger partial charge on any atom is 0.177 e. The van der Waals surface area contributed by atoms with Gasteiger partial charge in [0.1, 0.15) is 0 Å². The molecule has 102 valence electrons. The second-order valence-corrected chi connectivity index (χ2v) is 4.54. The van der Waals surface area contributed by atoms with E-state index in [-0.39, 0.29) is 13.2 Å². The fourth-order valence-corrected chi connectivity index (χ4v) is 2.08. The quantitative estimate of drug-likeness (QED) is 0.734. The van der Waals surface area contributed by atoms with E-state index in [1.807, 2.05) is 18.2 Å². The van der Waals surface area contributed by atoms with Gasteiger partial charge in [-0.1, -0.05) is 0 Å². The molecule has 1 unspecified atom stereocenters. The molecule has 2 N–H and O–H groups in total. The second-order valence-electron chi connectivity index (χ2n) is 4.54. The highest BCUT2D eigenvalue weighted by Gasteiger charge is 2.09. The van der Waals surface area contributed by atoms with E-state index in [1.54, 1.807) is 29.5 Å². The van der Waals surface area contributed by atoms with Crippen LogP contribution < -0.4 is 0 Å². The van der Waals surface area contributed by atoms with Gasteiger partial charge in [-0.2, -0.15) is 0 Å². The van der Waals surface area contributed by atoms with Crippen molar-refractivity contribution in [1.29, 1.82) is 0 Å². The fourth-order valence-electron chi connectivity index (χ4n) is 2.08. The topological polar surface area (TPSA) is 84.1 Å². The zero-order valence-corrected chi connectivity index (χ0v) is 10.7. The van der Waals surface area contributed by atoms with Crippen LogP contribution in [0, 0.1) is 0 Å². The molecule has 1 atom stereocenters. The average molecular weight is 270 g/mol. The minimum atomic E-state index is -0.808. The molecule has 0 spiro atoms. The summed E-state index contributed by atoms with van der Waals surface area (Å²) in [6.45, 7) is 0.00558. The molecule has 6 heteroatoms. The van der Waals surface area contributed by atoms with Crippen LogP contribution in [0.3, 0.4) is 0 Å². The number of aliphatic hydroxyl groups is 2. The molecule has 0 saturated heterocycles. The first-order valence-corrected chi connectivity index (χ1v) is 6.28. The Labute approximate surface area is 115 Å². The van der Waals surface area contributed by atoms with Crippen molar-refractivity contribution in [3.8, 4) is 11.1 Å². The number of aliphatic hydroxyl groups excluding tert-OH is 2. The molecular formula is C14H14N4O2. The van der Waals surface area contributed by atoms with Gasteiger partial charge in [0.15, 0.2) is 5.65 Å². The molecule has 0 bridgehead atoms. The molecular weight excluding hydrogens is 256 g/mol. The van der Waals surface area contributed by atoms with Crippen molar-refractivity contribution >= 4 is 11.2 Å². The standard InChI is InChI=1S/C14H14N4O2/c19-8-12(20)7-18-9-17-14-13(18)5-11(6-16-14)10-1-3-15-4-2-10/h1-6,9,12,19-20H,7-8H2. The summed E-state index contributed by atoms with van der Waals surface area (Å²) in [6, 6.07) is 5.78. The summed E-state index contributed by atoms with van der Waals surface area (Å²) in [6.07, 6.45) is 6.03. The lowest BCUT2D eigenvalue weighted by Crippen LogP contribution is -2.19. The maximum absolute atomic E-state index is 9.55. The number of aromatic nitrogens is 4. The fraction of sp³-hybridized carbons (Fsp3) is 0.214. The van der Waals surface area contributed by atoms with Crippen LogP contribution in [0.5, 0.6) is 0 Å². The molecule has 3 heterocycles. The van der Waals surface area contributed by atoms with Crippen LogP contribution in [0.2, 0.25) is 0 Å². The van der Waals surface area contributed by atoms with Gasteiger partial charge >= 0.3 is 0 Å². The summed E-state index contributed by atoms with van der Waals surface area (Å²) in [7, 11) is 0. The Hall–Kier alpha value is -2.31. The summed E-state index contributed by atoms with van der Waals surface area (Å²) in [4.78, 5) is 12.5. The third kappa shape index (κ3) is 2.38. The van der Waals surface area contributed by atoms with E-state index in [2.05, 4.69) is 15.0 Å². The Morgan fingerprint density at radius 1 is 1.15 bits per heavy atom. The molecule has 0 amide bonds. The van der Waals surface area contributed by atoms with Crippen LogP contribution in [-0.2, 0) is 6.54 Å². The van der Waals surface area contributed by atoms with Crippen molar-refractivity contribution in [3.63, 3.8) is 0 Å². The van der Waals surface area contributed by atoms with E-state index in [1.165, 1.54) is 0 Å². The number of hydrogen-bond donors (Lipinski definition) is 2. The zero-order chi connectivity index (χ0) is 13.9. The lowest BCUT2D eigenvalue weighted by molar-refractivity contribution is 0.0821. The Morgan fingerprint density at radius 3 is 2.70 bits per heavy atom. The van der Waals surface area contributed by atoms with Gasteiger partial charge in [0, 0.05) is 24.2 Å². The first-order chi connectivity index (χ1) is 9.78. The predicted octanol–water partition coefficient (Wildman–Crippen LogP) is 0.846. The number of hydrogen-bond acceptors (Lipinski definition) is 5. The molecule has 3 aromatic rings. The highest BCUT2D eigenvalue weighted by molar-refractivity contribution is 5.78. The molecule has 3 aromatic heterocycles. The monoisotopic (exact) mass is 270 g/mol. The minimum Gasteiger partial charge on any atom is -0.394 e. The van der Waals surface area contributed by atoms with Crippen molar-refractivity contribution in [1.82, 2.24) is 19.5 Å². The van der Waals surface area contributed by atoms with Crippen LogP contribution in [0.4, 0.5) is 0 Å². The van der Waals surface area contributed by atoms with Gasteiger partial charge in [0.25, 0.3) is 0 Å². The highest BCUT2D eigenvalue weighted by atomic mass is 16.3. The van der Waals surface area contributed by atoms with Crippen LogP contribution in [0.25, 0.3) is 22.3 Å². The van der Waals surface area contributed by atoms with Gasteiger partial charge in [-0.3, -0.25) is 4.98 Å². The van der Waals surface area contributed by atoms with Crippen LogP contribution in [0.1, 0.15) is 0 Å². The second kappa shape index (κ2) is 5.36. The van der Waals surface area contributed by atoms with E-state index in [0.717, 1.165) is 16.6 Å². The van der Waals surface area contributed by atoms with Gasteiger partial charge in [0.05, 0.1) is 31.1 Å². The molecule has 6 nitrogen and oxygen atoms in total. The molecule has 0 aliphatic carbocycles. The van der Waals surface area contributed by atoms with E-state index < -0.39 is 6.10 Å². The number of imidazole rings is 1. The normalized spacial score (nSPS) is 12.7. The largest absolute Gasteiger partial charge is 0.394 e. The SMILES string of the molecule is OCC(O)Cn1cnc2ncc(-c3ccncc3)cc21. The zero-order valence-electron chi connectivity index (χ0n) is 10.7. The van der Waals surface area contributed by atoms with E-state index in [9.17, 15) is 5.11 Å². The average Bonchev–Trinajstić information content (AvgIpc) is 2.90. The molecule has 0 aromatic carbocycles. The maximum atomic E-state index is 9.55. The van der Waals surface area contributed by atoms with Crippen LogP contribution >= 0.6 is 0 Å². The van der Waals surface area contributed by atoms with Crippen molar-refractivity contribution in [3.05, 3.63) is 43.1 Å². The smallest absolute Gasteiger partial charge is 0.177 e. The third-order valence-corrected chi connectivity index (χ3v) is 3.11. The van der Waals surface area contributed by atoms with Gasteiger partial charge < -0.3 is 14.8 Å². The number of pyridine rings is 2. The number of rotatable bonds is 4. The minimum absolute atomic E-state index is 0.281. The van der Waals surface area contributed by atoms with Crippen molar-refractivity contribution in [2.24, 2.45) is 0 Å². The molecule has 0 saturated carbocycles. The predicted molar refractivity (Wildman–Crippen MR) is 73.9 cm³/mol. The van der Waals surface area contributed by atoms with Crippen molar-refractivity contribution in [2.45, 2.75) is 12.6 Å². The van der Waals surface area contributed by atoms with Crippen molar-refractivity contribution in [2.75, 3.05) is 6.61 Å². The van der Waals surface area contributed by atoms with E-state index in [0.29, 0.717) is 5.65 Å². The van der Waals surface area contributed by atoms with Gasteiger partial charge in [-0.05, 0) is 23.8 Å². The molecule has 0 radical (unpaired) electrons. The first-order valence-electron chi connectivity index (χ1n) is 6.28. The Balaban J connectivity index is 2.03. The summed E-state index contributed by atoms with van der Waals surface area (Å²) >= 11 is 0. The summed E-state index contributed by atoms with van der Waals surface area (Å²) < 4.78 is 1.79. The Morgan fingerprint density at radius 2 is 1.95 bits per heavy atom. The summed E-state index contributed by atoms with van der Waals surface area (Å²) in [5, 5.41) is 18.5. The molecule has 0 fully saturated rings. The number of nitrogens with zero attached hydrogens (tertiary/aromatic N) is 4. The molecule has 0 aliphatic heterocycles. The van der Waals surface area contributed by atoms with Gasteiger partial charge in [0.2, 0.25) is 0 Å². The van der Waals surface area contributed by atoms with Crippen LogP contribution in [-0.4, -0.2) is 42.4 Å². The molecule has 3 rings (SSSR count). The lowest BCUT2D eigenvalue weighted by Gasteiger charge is -2.09. The first kappa shape index (κ1) is 12.7. The summed E-state index contributed by atoms with van der Waals surface area (Å²) in [5.41, 5.74) is 3.42. The summed E-state index contributed by atoms with van der Waals surface area (Å²) in [5.74, 6) is 0. The van der Waals surface area contributed by atoms with Gasteiger partial charge in [-0.25, -0.2) is 9.97 Å². The third-order valence-electron chi connectivity index (χ3n) is 3.11. The molecule has 20 heavy (non-hydrogen) atoms. The Bertz CT molecular complexity index is 712. The van der Waals surface area contributed by atoms with Crippen LogP contribution in [0.15, 0.2) is 43.1 Å². The molecule has 0 aliphatic rings. The van der Waals surface area contributed by atoms with E-state index >= 15 is 0 Å². The Kier molecular flexibility index (Phi) is 3.41.